The minimum atomic E-state index is -1.28. The lowest BCUT2D eigenvalue weighted by atomic mass is 9.92. The van der Waals surface area contributed by atoms with Crippen LogP contribution in [0.4, 0.5) is 10.1 Å². The van der Waals surface area contributed by atoms with Crippen molar-refractivity contribution in [3.8, 4) is 0 Å². The van der Waals surface area contributed by atoms with E-state index in [1.54, 1.807) is 17.1 Å². The molecule has 0 spiro atoms. The van der Waals surface area contributed by atoms with E-state index in [2.05, 4.69) is 30.1 Å². The number of benzene rings is 1. The van der Waals surface area contributed by atoms with Gasteiger partial charge in [-0.25, -0.2) is 15.2 Å². The third-order valence-electron chi connectivity index (χ3n) is 5.48. The average Bonchev–Trinajstić information content (AvgIpc) is 2.75. The quantitative estimate of drug-likeness (QED) is 0.228. The molecule has 168 valence electrons. The lowest BCUT2D eigenvalue weighted by molar-refractivity contribution is -0.0464. The normalized spacial score (nSPS) is 18.7. The van der Waals surface area contributed by atoms with Crippen molar-refractivity contribution in [3.63, 3.8) is 0 Å². The molecule has 4 N–H and O–H groups in total. The van der Waals surface area contributed by atoms with Crippen LogP contribution in [0.2, 0.25) is 0 Å². The number of aliphatic hydroxyl groups excluding tert-OH is 1. The molecule has 6 nitrogen and oxygen atoms in total. The fraction of sp³-hybridized carbons (Fsp3) is 0.458. The van der Waals surface area contributed by atoms with Gasteiger partial charge in [0.05, 0.1) is 12.2 Å². The zero-order valence-corrected chi connectivity index (χ0v) is 18.1. The molecule has 0 aromatic heterocycles. The van der Waals surface area contributed by atoms with Crippen molar-refractivity contribution in [1.29, 1.82) is 0 Å². The number of hydrogen-bond acceptors (Lipinski definition) is 6. The summed E-state index contributed by atoms with van der Waals surface area (Å²) in [6.07, 6.45) is 11.6. The molecule has 1 aromatic rings. The fourth-order valence-corrected chi connectivity index (χ4v) is 3.83. The van der Waals surface area contributed by atoms with Gasteiger partial charge in [0.2, 0.25) is 0 Å². The van der Waals surface area contributed by atoms with Gasteiger partial charge in [0, 0.05) is 30.8 Å². The highest BCUT2D eigenvalue weighted by Gasteiger charge is 2.25. The Hall–Kier alpha value is -2.48. The Kier molecular flexibility index (Phi) is 8.40. The molecule has 1 aliphatic carbocycles. The summed E-state index contributed by atoms with van der Waals surface area (Å²) in [4.78, 5) is 7.07. The van der Waals surface area contributed by atoms with E-state index in [0.29, 0.717) is 25.8 Å². The number of unbranched alkanes of at least 4 members (excludes halogenated alkanes) is 1. The Morgan fingerprint density at radius 2 is 2.06 bits per heavy atom. The monoisotopic (exact) mass is 428 g/mol. The lowest BCUT2D eigenvalue weighted by Gasteiger charge is -2.34. The second-order valence-corrected chi connectivity index (χ2v) is 8.08. The van der Waals surface area contributed by atoms with Crippen LogP contribution in [-0.2, 0) is 0 Å². The molecule has 0 bridgehead atoms. The maximum absolute atomic E-state index is 13.4. The van der Waals surface area contributed by atoms with Crippen molar-refractivity contribution in [3.05, 3.63) is 65.8 Å². The van der Waals surface area contributed by atoms with Gasteiger partial charge in [-0.1, -0.05) is 25.2 Å². The number of rotatable bonds is 10. The van der Waals surface area contributed by atoms with E-state index < -0.39 is 6.29 Å². The molecule has 0 saturated carbocycles. The molecule has 0 amide bonds. The summed E-state index contributed by atoms with van der Waals surface area (Å²) in [6, 6.07) is 6.47. The summed E-state index contributed by atoms with van der Waals surface area (Å²) >= 11 is 0. The van der Waals surface area contributed by atoms with Crippen LogP contribution in [-0.4, -0.2) is 40.4 Å². The predicted molar refractivity (Wildman–Crippen MR) is 122 cm³/mol. The molecule has 3 rings (SSSR count). The smallest absolute Gasteiger partial charge is 0.151 e. The number of allylic oxidation sites excluding steroid dienone is 3. The molecule has 0 radical (unpaired) electrons. The van der Waals surface area contributed by atoms with Crippen molar-refractivity contribution in [2.45, 2.75) is 51.7 Å². The molecule has 2 aliphatic rings. The van der Waals surface area contributed by atoms with Crippen LogP contribution in [0.1, 0.15) is 45.4 Å². The Balaban J connectivity index is 1.79. The van der Waals surface area contributed by atoms with E-state index in [1.165, 1.54) is 17.7 Å². The van der Waals surface area contributed by atoms with Gasteiger partial charge in [-0.3, -0.25) is 0 Å². The first-order chi connectivity index (χ1) is 15.0. The first kappa shape index (κ1) is 23.2. The first-order valence-corrected chi connectivity index (χ1v) is 11.0. The Bertz CT molecular complexity index is 846. The minimum Gasteiger partial charge on any atom is -0.368 e. The van der Waals surface area contributed by atoms with Gasteiger partial charge in [0.1, 0.15) is 11.7 Å². The van der Waals surface area contributed by atoms with Gasteiger partial charge in [0.15, 0.2) is 6.29 Å². The van der Waals surface area contributed by atoms with E-state index in [-0.39, 0.29) is 11.7 Å². The fourth-order valence-electron chi connectivity index (χ4n) is 3.83. The summed E-state index contributed by atoms with van der Waals surface area (Å²) in [7, 11) is 0. The van der Waals surface area contributed by atoms with Gasteiger partial charge in [-0.05, 0) is 61.9 Å². The third kappa shape index (κ3) is 6.75. The highest BCUT2D eigenvalue weighted by atomic mass is 19.1. The van der Waals surface area contributed by atoms with Crippen LogP contribution in [0.3, 0.4) is 0 Å². The molecule has 0 fully saturated rings. The molecule has 1 heterocycles. The molecule has 7 heteroatoms. The summed E-state index contributed by atoms with van der Waals surface area (Å²) in [6.45, 7) is 3.60. The SMILES string of the molecule is CCCN(N)/C=C/C1C=C2N=C(CCCCC(O)O)N(c3ccc(F)cc3)CC2=CC1. The topological polar surface area (TPSA) is 85.3 Å². The minimum absolute atomic E-state index is 0.244. The van der Waals surface area contributed by atoms with Gasteiger partial charge >= 0.3 is 0 Å². The number of hydrazine groups is 1. The molecule has 1 unspecified atom stereocenters. The largest absolute Gasteiger partial charge is 0.368 e. The number of hydrogen-bond donors (Lipinski definition) is 3. The van der Waals surface area contributed by atoms with Crippen molar-refractivity contribution >= 4 is 11.5 Å². The molecule has 31 heavy (non-hydrogen) atoms. The van der Waals surface area contributed by atoms with Crippen LogP contribution < -0.4 is 10.7 Å². The van der Waals surface area contributed by atoms with Crippen molar-refractivity contribution in [2.75, 3.05) is 18.0 Å². The van der Waals surface area contributed by atoms with Crippen molar-refractivity contribution in [2.24, 2.45) is 16.8 Å². The third-order valence-corrected chi connectivity index (χ3v) is 5.48. The number of fused-ring (bicyclic) bond motifs is 1. The van der Waals surface area contributed by atoms with Crippen LogP contribution in [0, 0.1) is 11.7 Å². The van der Waals surface area contributed by atoms with Gasteiger partial charge in [-0.15, -0.1) is 0 Å². The molecule has 1 aliphatic heterocycles. The number of halogens is 1. The van der Waals surface area contributed by atoms with E-state index in [9.17, 15) is 4.39 Å². The number of aliphatic hydroxyl groups is 2. The Morgan fingerprint density at radius 3 is 2.77 bits per heavy atom. The standard InChI is InChI=1S/C24H33FN4O2/c1-2-14-28(26)15-13-18-7-8-19-17-29(21-11-9-20(25)10-12-21)23(27-22(19)16-18)5-3-4-6-24(30)31/h8-13,15-16,18,24,30-31H,2-7,14,17,26H2,1H3/b15-13+. The van der Waals surface area contributed by atoms with E-state index in [4.69, 9.17) is 21.0 Å². The molecule has 1 aromatic carbocycles. The number of amidine groups is 1. The highest BCUT2D eigenvalue weighted by molar-refractivity contribution is 6.00. The summed E-state index contributed by atoms with van der Waals surface area (Å²) in [5.74, 6) is 6.85. The average molecular weight is 429 g/mol. The Morgan fingerprint density at radius 1 is 1.29 bits per heavy atom. The summed E-state index contributed by atoms with van der Waals surface area (Å²) in [5, 5.41) is 19.9. The number of aliphatic imine (C=N–C) groups is 1. The van der Waals surface area contributed by atoms with Gasteiger partial charge in [-0.2, -0.15) is 0 Å². The van der Waals surface area contributed by atoms with E-state index in [0.717, 1.165) is 43.0 Å². The summed E-state index contributed by atoms with van der Waals surface area (Å²) < 4.78 is 13.4. The van der Waals surface area contributed by atoms with Crippen LogP contribution in [0.25, 0.3) is 0 Å². The second-order valence-electron chi connectivity index (χ2n) is 8.08. The molecule has 0 saturated heterocycles. The maximum atomic E-state index is 13.4. The van der Waals surface area contributed by atoms with Crippen molar-refractivity contribution < 1.29 is 14.6 Å². The molecule has 1 atom stereocenters. The van der Waals surface area contributed by atoms with Gasteiger partial charge < -0.3 is 20.1 Å². The maximum Gasteiger partial charge on any atom is 0.151 e. The van der Waals surface area contributed by atoms with E-state index in [1.807, 2.05) is 6.20 Å². The van der Waals surface area contributed by atoms with Gasteiger partial charge in [0.25, 0.3) is 0 Å². The zero-order chi connectivity index (χ0) is 22.2. The second kappa shape index (κ2) is 11.2. The van der Waals surface area contributed by atoms with Crippen molar-refractivity contribution in [1.82, 2.24) is 5.01 Å². The van der Waals surface area contributed by atoms with Crippen LogP contribution in [0.15, 0.2) is 65.0 Å². The number of nitrogens with zero attached hydrogens (tertiary/aromatic N) is 3. The summed E-state index contributed by atoms with van der Waals surface area (Å²) in [5.41, 5.74) is 3.06. The predicted octanol–water partition coefficient (Wildman–Crippen LogP) is 3.84. The van der Waals surface area contributed by atoms with E-state index >= 15 is 0 Å². The highest BCUT2D eigenvalue weighted by Crippen LogP contribution is 2.32. The van der Waals surface area contributed by atoms with Crippen LogP contribution >= 0.6 is 0 Å². The number of nitrogens with two attached hydrogens (primary N) is 1. The molecular weight excluding hydrogens is 395 g/mol. The zero-order valence-electron chi connectivity index (χ0n) is 18.1. The first-order valence-electron chi connectivity index (χ1n) is 11.0. The van der Waals surface area contributed by atoms with Crippen LogP contribution in [0.5, 0.6) is 0 Å². The molecular formula is C24H33FN4O2. The number of anilines is 1. The lowest BCUT2D eigenvalue weighted by Crippen LogP contribution is -2.37. The Labute approximate surface area is 183 Å².